The van der Waals surface area contributed by atoms with Crippen molar-refractivity contribution in [3.63, 3.8) is 0 Å². The molecule has 2 saturated heterocycles. The second-order valence-corrected chi connectivity index (χ2v) is 30.5. The zero-order chi connectivity index (χ0) is 74.7. The van der Waals surface area contributed by atoms with Crippen LogP contribution in [0.1, 0.15) is 165 Å². The van der Waals surface area contributed by atoms with Crippen LogP contribution >= 0.6 is 104 Å². The Morgan fingerprint density at radius 1 is 0.421 bits per heavy atom. The molecule has 3 aromatic heterocycles. The maximum absolute atomic E-state index is 13.8. The number of allylic oxidation sites excluding steroid dienone is 3. The summed E-state index contributed by atoms with van der Waals surface area (Å²) in [6.07, 6.45) is 18.0. The Morgan fingerprint density at radius 3 is 1.25 bits per heavy atom. The number of fused-ring (bicyclic) bond motifs is 3. The monoisotopic (exact) mass is 1610 g/mol. The van der Waals surface area contributed by atoms with E-state index in [1.54, 1.807) is 53.2 Å². The van der Waals surface area contributed by atoms with E-state index in [0.29, 0.717) is 132 Å². The first-order chi connectivity index (χ1) is 51.9. The van der Waals surface area contributed by atoms with Crippen molar-refractivity contribution in [2.45, 2.75) is 96.4 Å². The Kier molecular flexibility index (Phi) is 26.2. The summed E-state index contributed by atoms with van der Waals surface area (Å²) in [5, 5.41) is 24.9. The fourth-order valence-electron chi connectivity index (χ4n) is 14.1. The van der Waals surface area contributed by atoms with E-state index in [-0.39, 0.29) is 23.8 Å². The molecule has 15 rings (SSSR count). The minimum atomic E-state index is -0.229. The number of hydrazine groups is 1. The first kappa shape index (κ1) is 77.4. The van der Waals surface area contributed by atoms with E-state index in [1.807, 2.05) is 128 Å². The predicted molar refractivity (Wildman–Crippen MR) is 435 cm³/mol. The number of rotatable bonds is 13. The van der Waals surface area contributed by atoms with Gasteiger partial charge in [-0.2, -0.15) is 15.3 Å². The highest BCUT2D eigenvalue weighted by Gasteiger charge is 2.34. The Morgan fingerprint density at radius 2 is 0.804 bits per heavy atom. The zero-order valence-electron chi connectivity index (χ0n) is 58.7. The Labute approximate surface area is 667 Å². The van der Waals surface area contributed by atoms with Gasteiger partial charge in [-0.05, 0) is 232 Å². The molecule has 3 amide bonds. The Balaban J connectivity index is 0.000000142. The number of halogens is 9. The average molecular weight is 1610 g/mol. The van der Waals surface area contributed by atoms with E-state index in [2.05, 4.69) is 35.9 Å². The van der Waals surface area contributed by atoms with Crippen molar-refractivity contribution in [2.75, 3.05) is 52.6 Å². The van der Waals surface area contributed by atoms with Gasteiger partial charge in [0.1, 0.15) is 0 Å². The fraction of sp³-hybridized carbons (Fsp3) is 0.277. The van der Waals surface area contributed by atoms with E-state index in [0.717, 1.165) is 156 Å². The van der Waals surface area contributed by atoms with Crippen LogP contribution in [0.5, 0.6) is 0 Å². The van der Waals surface area contributed by atoms with Gasteiger partial charge in [0.05, 0.1) is 81.7 Å². The number of ether oxygens (including phenoxy) is 2. The minimum absolute atomic E-state index is 0.0656. The van der Waals surface area contributed by atoms with Crippen LogP contribution < -0.4 is 10.7 Å². The highest BCUT2D eigenvalue weighted by Crippen LogP contribution is 2.42. The van der Waals surface area contributed by atoms with Crippen molar-refractivity contribution in [1.82, 2.24) is 50.0 Å². The quantitative estimate of drug-likeness (QED) is 0.107. The Bertz CT molecular complexity index is 4970. The van der Waals surface area contributed by atoms with E-state index in [9.17, 15) is 14.4 Å². The standard InChI is InChI=1S/C31H28Cl3N3O.C26H25Cl3N4O2.C26H24Cl3N3O2/c1-2-27(21-8-4-3-5-9-21)35-31(38)29-25-11-7-6-10-22(18-20-12-14-23(32)15-13-20)30(25)37(36-29)28-17-16-24(33)19-26(28)34;27-19-7-5-17(6-8-19)15-18-3-1-2-4-21-24(26(34)31-32-11-13-35-14-12-32)30-33(25(18)21)23-16-20(28)9-10-22(23)29;27-19-7-5-17(6-8-19)15-18-3-1-2-4-21-24(26(33)31-11-13-34-14-12-31)30-32(25(18)21)23-16-20(28)9-10-22(23)29/h3-5,8-9,12-19,27H,2,6-7,10-11H2,1H3,(H,35,38);5-10,15-16H,1-4,11-14H2,(H,31,34);5-10,15-16H,1-4,11-14H2/b22-18+;2*18-15+/t27-;;/m1../s1. The molecule has 0 unspecified atom stereocenters. The number of carbonyl (C=O) groups excluding carboxylic acids is 3. The molecule has 0 saturated carbocycles. The van der Waals surface area contributed by atoms with Gasteiger partial charge in [-0.15, -0.1) is 0 Å². The topological polar surface area (TPSA) is 154 Å². The van der Waals surface area contributed by atoms with Crippen molar-refractivity contribution >= 4 is 157 Å². The van der Waals surface area contributed by atoms with Crippen LogP contribution in [0.3, 0.4) is 0 Å². The summed E-state index contributed by atoms with van der Waals surface area (Å²) in [6.45, 7) is 6.70. The molecule has 10 aromatic rings. The van der Waals surface area contributed by atoms with Crippen LogP contribution in [0.25, 0.3) is 52.0 Å². The lowest BCUT2D eigenvalue weighted by molar-refractivity contribution is 0.0124. The van der Waals surface area contributed by atoms with Crippen molar-refractivity contribution < 1.29 is 23.9 Å². The molecule has 107 heavy (non-hydrogen) atoms. The molecule has 2 N–H and O–H groups in total. The summed E-state index contributed by atoms with van der Waals surface area (Å²) in [7, 11) is 0. The molecule has 552 valence electrons. The lowest BCUT2D eigenvalue weighted by Crippen LogP contribution is -2.48. The maximum Gasteiger partial charge on any atom is 0.286 e. The summed E-state index contributed by atoms with van der Waals surface area (Å²) in [5.74, 6) is -0.481. The number of nitrogens with zero attached hydrogens (tertiary/aromatic N) is 8. The highest BCUT2D eigenvalue weighted by molar-refractivity contribution is 6.36. The molecule has 0 radical (unpaired) electrons. The summed E-state index contributed by atoms with van der Waals surface area (Å²) in [4.78, 5) is 42.6. The van der Waals surface area contributed by atoms with Crippen LogP contribution in [-0.2, 0) is 28.7 Å². The molecule has 2 fully saturated rings. The van der Waals surface area contributed by atoms with Gasteiger partial charge in [0.2, 0.25) is 0 Å². The highest BCUT2D eigenvalue weighted by atomic mass is 35.5. The lowest BCUT2D eigenvalue weighted by atomic mass is 10.0. The molecule has 3 aliphatic carbocycles. The largest absolute Gasteiger partial charge is 0.379 e. The fourth-order valence-corrected chi connectivity index (χ4v) is 15.7. The lowest BCUT2D eigenvalue weighted by Gasteiger charge is -2.26. The van der Waals surface area contributed by atoms with Crippen LogP contribution in [0.2, 0.25) is 45.2 Å². The summed E-state index contributed by atoms with van der Waals surface area (Å²) in [6, 6.07) is 49.0. The van der Waals surface area contributed by atoms with Crippen LogP contribution in [0.4, 0.5) is 0 Å². The van der Waals surface area contributed by atoms with Crippen molar-refractivity contribution in [3.05, 3.63) is 276 Å². The molecule has 2 aliphatic heterocycles. The SMILES string of the molecule is CC[C@@H](NC(=O)c1nn(-c2ccc(Cl)cc2Cl)c2c1CCCC/C2=C\c1ccc(Cl)cc1)c1ccccc1.O=C(NN1CCOCC1)c1nn(-c2cc(Cl)ccc2Cl)c2c1CCCC/C2=C\c1ccc(Cl)cc1.O=C(c1nn(-c2cc(Cl)ccc2Cl)c2c1CCCC/C2=C\c1ccc(Cl)cc1)N1CCOCC1. The number of hydrogen-bond acceptors (Lipinski definition) is 9. The maximum atomic E-state index is 13.8. The third-order valence-corrected chi connectivity index (χ3v) is 21.8. The third-order valence-electron chi connectivity index (χ3n) is 19.4. The first-order valence-electron chi connectivity index (χ1n) is 35.9. The number of morpholine rings is 2. The van der Waals surface area contributed by atoms with Gasteiger partial charge in [-0.1, -0.05) is 178 Å². The molecular weight excluding hydrogens is 1540 g/mol. The molecule has 1 atom stereocenters. The van der Waals surface area contributed by atoms with Crippen LogP contribution in [0, 0.1) is 0 Å². The van der Waals surface area contributed by atoms with Crippen molar-refractivity contribution in [3.8, 4) is 17.1 Å². The van der Waals surface area contributed by atoms with E-state index >= 15 is 0 Å². The second-order valence-electron chi connectivity index (χ2n) is 26.6. The van der Waals surface area contributed by atoms with Crippen molar-refractivity contribution in [1.29, 1.82) is 0 Å². The third kappa shape index (κ3) is 18.8. The van der Waals surface area contributed by atoms with E-state index in [1.165, 1.54) is 0 Å². The molecule has 5 heterocycles. The van der Waals surface area contributed by atoms with Gasteiger partial charge in [-0.3, -0.25) is 19.8 Å². The molecule has 0 spiro atoms. The average Bonchev–Trinajstić information content (AvgIpc) is 1.62. The van der Waals surface area contributed by atoms with Gasteiger partial charge in [0.15, 0.2) is 17.1 Å². The molecule has 7 aromatic carbocycles. The minimum Gasteiger partial charge on any atom is -0.379 e. The number of aromatic nitrogens is 6. The van der Waals surface area contributed by atoms with Gasteiger partial charge in [0.25, 0.3) is 17.7 Å². The van der Waals surface area contributed by atoms with Gasteiger partial charge in [-0.25, -0.2) is 19.1 Å². The zero-order valence-corrected chi connectivity index (χ0v) is 65.5. The summed E-state index contributed by atoms with van der Waals surface area (Å²) < 4.78 is 16.3. The molecular formula is C83H77Cl9N10O5. The van der Waals surface area contributed by atoms with Crippen LogP contribution in [-0.4, -0.2) is 110 Å². The number of amides is 3. The second kappa shape index (κ2) is 36.2. The first-order valence-corrected chi connectivity index (χ1v) is 39.3. The molecule has 24 heteroatoms. The van der Waals surface area contributed by atoms with Gasteiger partial charge in [0, 0.05) is 73.0 Å². The van der Waals surface area contributed by atoms with Gasteiger partial charge >= 0.3 is 0 Å². The Hall–Kier alpha value is -7.71. The van der Waals surface area contributed by atoms with E-state index in [4.69, 9.17) is 129 Å². The summed E-state index contributed by atoms with van der Waals surface area (Å²) >= 11 is 57.1. The van der Waals surface area contributed by atoms with E-state index < -0.39 is 0 Å². The number of carbonyl (C=O) groups is 3. The summed E-state index contributed by atoms with van der Waals surface area (Å²) in [5.41, 5.74) is 19.4. The molecule has 0 bridgehead atoms. The number of hydrogen-bond donors (Lipinski definition) is 2. The molecule has 15 nitrogen and oxygen atoms in total. The van der Waals surface area contributed by atoms with Crippen molar-refractivity contribution in [2.24, 2.45) is 0 Å². The normalized spacial score (nSPS) is 16.7. The van der Waals surface area contributed by atoms with Crippen LogP contribution in [0.15, 0.2) is 158 Å². The number of nitrogens with one attached hydrogen (secondary N) is 2. The smallest absolute Gasteiger partial charge is 0.286 e. The number of benzene rings is 7. The molecule has 5 aliphatic rings. The predicted octanol–water partition coefficient (Wildman–Crippen LogP) is 21.6. The van der Waals surface area contributed by atoms with Gasteiger partial charge < -0.3 is 19.7 Å².